The molecule has 1 aliphatic rings. The Labute approximate surface area is 191 Å². The number of benzene rings is 2. The molecule has 32 heavy (non-hydrogen) atoms. The van der Waals surface area contributed by atoms with Crippen LogP contribution in [0.5, 0.6) is 17.2 Å². The van der Waals surface area contributed by atoms with Crippen LogP contribution in [-0.2, 0) is 11.4 Å². The van der Waals surface area contributed by atoms with E-state index in [1.54, 1.807) is 14.2 Å². The lowest BCUT2D eigenvalue weighted by Gasteiger charge is -2.37. The molecular formula is C26H35NO5. The number of carboxylic acid groups (broad SMARTS) is 1. The average molecular weight is 442 g/mol. The molecule has 1 saturated heterocycles. The molecule has 2 aromatic carbocycles. The largest absolute Gasteiger partial charge is 0.493 e. The molecule has 0 bridgehead atoms. The number of carboxylic acids is 1. The van der Waals surface area contributed by atoms with Crippen molar-refractivity contribution >= 4 is 5.97 Å². The highest BCUT2D eigenvalue weighted by Gasteiger charge is 2.31. The number of methoxy groups -OCH3 is 2. The number of aliphatic carboxylic acids is 1. The summed E-state index contributed by atoms with van der Waals surface area (Å²) in [6.45, 7) is 4.06. The van der Waals surface area contributed by atoms with Gasteiger partial charge in [-0.1, -0.05) is 50.1 Å². The number of hydrogen-bond acceptors (Lipinski definition) is 5. The number of rotatable bonds is 11. The average Bonchev–Trinajstić information content (AvgIpc) is 2.83. The van der Waals surface area contributed by atoms with Gasteiger partial charge in [-0.05, 0) is 49.1 Å². The zero-order valence-electron chi connectivity index (χ0n) is 19.4. The van der Waals surface area contributed by atoms with Gasteiger partial charge < -0.3 is 19.3 Å². The van der Waals surface area contributed by atoms with Crippen molar-refractivity contribution in [1.82, 2.24) is 4.90 Å². The summed E-state index contributed by atoms with van der Waals surface area (Å²) in [5.41, 5.74) is 2.14. The van der Waals surface area contributed by atoms with Crippen LogP contribution in [0.4, 0.5) is 0 Å². The molecule has 0 aliphatic carbocycles. The van der Waals surface area contributed by atoms with Gasteiger partial charge in [-0.25, -0.2) is 0 Å². The first kappa shape index (κ1) is 23.9. The Balaban J connectivity index is 1.89. The normalized spacial score (nSPS) is 17.5. The molecule has 0 amide bonds. The van der Waals surface area contributed by atoms with Crippen molar-refractivity contribution < 1.29 is 24.1 Å². The smallest absolute Gasteiger partial charge is 0.307 e. The Morgan fingerprint density at radius 2 is 1.84 bits per heavy atom. The number of nitrogens with zero attached hydrogens (tertiary/aromatic N) is 1. The third-order valence-electron chi connectivity index (χ3n) is 6.17. The lowest BCUT2D eigenvalue weighted by atomic mass is 9.92. The fourth-order valence-corrected chi connectivity index (χ4v) is 4.41. The number of ether oxygens (including phenoxy) is 3. The van der Waals surface area contributed by atoms with Crippen molar-refractivity contribution in [2.24, 2.45) is 5.92 Å². The summed E-state index contributed by atoms with van der Waals surface area (Å²) >= 11 is 0. The minimum absolute atomic E-state index is 0.114. The second kappa shape index (κ2) is 11.8. The van der Waals surface area contributed by atoms with Crippen LogP contribution < -0.4 is 14.2 Å². The Kier molecular flexibility index (Phi) is 8.80. The highest BCUT2D eigenvalue weighted by molar-refractivity contribution is 5.70. The van der Waals surface area contributed by atoms with Crippen LogP contribution in [-0.4, -0.2) is 43.3 Å². The summed E-state index contributed by atoms with van der Waals surface area (Å²) in [6, 6.07) is 14.1. The molecule has 1 N–H and O–H groups in total. The minimum atomic E-state index is -0.705. The van der Waals surface area contributed by atoms with E-state index < -0.39 is 5.97 Å². The maximum atomic E-state index is 11.6. The summed E-state index contributed by atoms with van der Waals surface area (Å²) in [6.07, 6.45) is 4.74. The van der Waals surface area contributed by atoms with E-state index in [0.29, 0.717) is 30.4 Å². The first-order chi connectivity index (χ1) is 15.6. The first-order valence-electron chi connectivity index (χ1n) is 11.5. The molecular weight excluding hydrogens is 406 g/mol. The molecule has 1 aliphatic heterocycles. The second-order valence-corrected chi connectivity index (χ2v) is 8.36. The fraction of sp³-hybridized carbons (Fsp3) is 0.500. The third-order valence-corrected chi connectivity index (χ3v) is 6.17. The SMILES string of the molecule is CCCCC(c1cc(OC)c(OCc2ccccc2)c(OC)c1)N1CCCC(C(=O)O)C1. The Morgan fingerprint density at radius 1 is 1.16 bits per heavy atom. The molecule has 6 heteroatoms. The highest BCUT2D eigenvalue weighted by Crippen LogP contribution is 2.43. The van der Waals surface area contributed by atoms with Crippen LogP contribution in [0.15, 0.2) is 42.5 Å². The predicted octanol–water partition coefficient (Wildman–Crippen LogP) is 5.31. The molecule has 3 rings (SSSR count). The molecule has 0 radical (unpaired) electrons. The summed E-state index contributed by atoms with van der Waals surface area (Å²) in [5, 5.41) is 9.56. The monoisotopic (exact) mass is 441 g/mol. The zero-order chi connectivity index (χ0) is 22.9. The lowest BCUT2D eigenvalue weighted by Crippen LogP contribution is -2.41. The minimum Gasteiger partial charge on any atom is -0.493 e. The number of likely N-dealkylation sites (tertiary alicyclic amines) is 1. The van der Waals surface area contributed by atoms with Gasteiger partial charge in [0.25, 0.3) is 0 Å². The molecule has 0 saturated carbocycles. The highest BCUT2D eigenvalue weighted by atomic mass is 16.5. The van der Waals surface area contributed by atoms with Gasteiger partial charge in [-0.15, -0.1) is 0 Å². The van der Waals surface area contributed by atoms with E-state index in [4.69, 9.17) is 14.2 Å². The van der Waals surface area contributed by atoms with Crippen molar-refractivity contribution in [3.63, 3.8) is 0 Å². The van der Waals surface area contributed by atoms with E-state index in [0.717, 1.165) is 49.8 Å². The number of unbranched alkanes of at least 4 members (excludes halogenated alkanes) is 1. The topological polar surface area (TPSA) is 68.2 Å². The van der Waals surface area contributed by atoms with Gasteiger partial charge in [-0.3, -0.25) is 9.69 Å². The van der Waals surface area contributed by atoms with Crippen LogP contribution in [0.3, 0.4) is 0 Å². The Morgan fingerprint density at radius 3 is 2.44 bits per heavy atom. The van der Waals surface area contributed by atoms with Crippen LogP contribution in [0, 0.1) is 5.92 Å². The van der Waals surface area contributed by atoms with Crippen LogP contribution >= 0.6 is 0 Å². The molecule has 1 heterocycles. The lowest BCUT2D eigenvalue weighted by molar-refractivity contribution is -0.144. The molecule has 2 unspecified atom stereocenters. The van der Waals surface area contributed by atoms with Crippen molar-refractivity contribution in [3.8, 4) is 17.2 Å². The fourth-order valence-electron chi connectivity index (χ4n) is 4.41. The number of piperidine rings is 1. The van der Waals surface area contributed by atoms with Gasteiger partial charge in [0.15, 0.2) is 11.5 Å². The molecule has 2 atom stereocenters. The third kappa shape index (κ3) is 5.94. The van der Waals surface area contributed by atoms with Crippen LogP contribution in [0.25, 0.3) is 0 Å². The Bertz CT molecular complexity index is 845. The van der Waals surface area contributed by atoms with Crippen molar-refractivity contribution in [2.75, 3.05) is 27.3 Å². The molecule has 0 spiro atoms. The molecule has 1 fully saturated rings. The van der Waals surface area contributed by atoms with Gasteiger partial charge in [-0.2, -0.15) is 0 Å². The molecule has 6 nitrogen and oxygen atoms in total. The summed E-state index contributed by atoms with van der Waals surface area (Å²) in [7, 11) is 3.27. The van der Waals surface area contributed by atoms with Crippen molar-refractivity contribution in [1.29, 1.82) is 0 Å². The van der Waals surface area contributed by atoms with Gasteiger partial charge in [0.2, 0.25) is 5.75 Å². The second-order valence-electron chi connectivity index (χ2n) is 8.36. The maximum absolute atomic E-state index is 11.6. The van der Waals surface area contributed by atoms with Gasteiger partial charge >= 0.3 is 5.97 Å². The summed E-state index contributed by atoms with van der Waals surface area (Å²) in [5.74, 6) is 0.819. The summed E-state index contributed by atoms with van der Waals surface area (Å²) < 4.78 is 17.5. The first-order valence-corrected chi connectivity index (χ1v) is 11.5. The predicted molar refractivity (Wildman–Crippen MR) is 125 cm³/mol. The number of carbonyl (C=O) groups is 1. The van der Waals surface area contributed by atoms with E-state index in [1.807, 2.05) is 42.5 Å². The van der Waals surface area contributed by atoms with Crippen molar-refractivity contribution in [3.05, 3.63) is 53.6 Å². The molecule has 2 aromatic rings. The Hall–Kier alpha value is -2.73. The van der Waals surface area contributed by atoms with E-state index in [9.17, 15) is 9.90 Å². The van der Waals surface area contributed by atoms with Gasteiger partial charge in [0.05, 0.1) is 20.1 Å². The van der Waals surface area contributed by atoms with Crippen molar-refractivity contribution in [2.45, 2.75) is 51.7 Å². The summed E-state index contributed by atoms with van der Waals surface area (Å²) in [4.78, 5) is 13.9. The van der Waals surface area contributed by atoms with E-state index in [1.165, 1.54) is 0 Å². The van der Waals surface area contributed by atoms with E-state index >= 15 is 0 Å². The quantitative estimate of drug-likeness (QED) is 0.510. The van der Waals surface area contributed by atoms with Gasteiger partial charge in [0, 0.05) is 12.6 Å². The number of hydrogen-bond donors (Lipinski definition) is 1. The van der Waals surface area contributed by atoms with E-state index in [-0.39, 0.29) is 12.0 Å². The van der Waals surface area contributed by atoms with E-state index in [2.05, 4.69) is 11.8 Å². The van der Waals surface area contributed by atoms with Crippen LogP contribution in [0.2, 0.25) is 0 Å². The van der Waals surface area contributed by atoms with Gasteiger partial charge in [0.1, 0.15) is 6.61 Å². The maximum Gasteiger partial charge on any atom is 0.307 e. The molecule has 0 aromatic heterocycles. The standard InChI is InChI=1S/C26H35NO5/c1-4-5-13-22(27-14-9-12-20(17-27)26(28)29)21-15-23(30-2)25(24(16-21)31-3)32-18-19-10-7-6-8-11-19/h6-8,10-11,15-16,20,22H,4-5,9,12-14,17-18H2,1-3H3,(H,28,29). The molecule has 174 valence electrons. The zero-order valence-corrected chi connectivity index (χ0v) is 19.4. The van der Waals surface area contributed by atoms with Crippen LogP contribution in [0.1, 0.15) is 56.2 Å².